The minimum absolute atomic E-state index is 0.0240. The molecule has 0 radical (unpaired) electrons. The molecule has 0 fully saturated rings. The van der Waals surface area contributed by atoms with Crippen molar-refractivity contribution in [3.63, 3.8) is 0 Å². The van der Waals surface area contributed by atoms with Crippen LogP contribution in [0.5, 0.6) is 0 Å². The van der Waals surface area contributed by atoms with Gasteiger partial charge < -0.3 is 5.32 Å². The normalized spacial score (nSPS) is 8.95. The molecular formula is C13H8N6. The van der Waals surface area contributed by atoms with Crippen molar-refractivity contribution in [2.24, 2.45) is 0 Å². The van der Waals surface area contributed by atoms with Gasteiger partial charge in [-0.05, 0) is 18.2 Å². The van der Waals surface area contributed by atoms with Crippen LogP contribution >= 0.6 is 0 Å². The van der Waals surface area contributed by atoms with E-state index in [0.29, 0.717) is 11.6 Å². The first-order chi connectivity index (χ1) is 9.33. The van der Waals surface area contributed by atoms with Crippen molar-refractivity contribution in [2.75, 3.05) is 5.32 Å². The van der Waals surface area contributed by atoms with Crippen molar-refractivity contribution >= 4 is 5.82 Å². The van der Waals surface area contributed by atoms with E-state index < -0.39 is 0 Å². The average molecular weight is 248 g/mol. The monoisotopic (exact) mass is 248 g/mol. The standard InChI is InChI=1S/C13H8N6/c14-7-10(8-15)9-18-12-3-6-17-13(19-12)11-1-4-16-5-2-11/h1-6,9H,(H,17,18,19). The number of nitriles is 2. The third kappa shape index (κ3) is 3.11. The smallest absolute Gasteiger partial charge is 0.161 e. The number of pyridine rings is 1. The predicted molar refractivity (Wildman–Crippen MR) is 68.2 cm³/mol. The lowest BCUT2D eigenvalue weighted by molar-refractivity contribution is 1.17. The highest BCUT2D eigenvalue weighted by Gasteiger charge is 2.01. The van der Waals surface area contributed by atoms with Crippen LogP contribution in [-0.2, 0) is 0 Å². The summed E-state index contributed by atoms with van der Waals surface area (Å²) in [4.78, 5) is 12.3. The molecule has 1 N–H and O–H groups in total. The van der Waals surface area contributed by atoms with E-state index in [2.05, 4.69) is 20.3 Å². The molecule has 0 aliphatic heterocycles. The Morgan fingerprint density at radius 2 is 1.84 bits per heavy atom. The van der Waals surface area contributed by atoms with Crippen LogP contribution in [-0.4, -0.2) is 15.0 Å². The maximum Gasteiger partial charge on any atom is 0.161 e. The summed E-state index contributed by atoms with van der Waals surface area (Å²) in [5, 5.41) is 20.0. The maximum absolute atomic E-state index is 8.62. The van der Waals surface area contributed by atoms with Crippen molar-refractivity contribution in [3.8, 4) is 23.5 Å². The molecule has 0 saturated carbocycles. The quantitative estimate of drug-likeness (QED) is 0.832. The lowest BCUT2D eigenvalue weighted by Crippen LogP contribution is -1.96. The fourth-order valence-corrected chi connectivity index (χ4v) is 1.31. The Balaban J connectivity index is 2.24. The summed E-state index contributed by atoms with van der Waals surface area (Å²) in [6, 6.07) is 8.75. The second kappa shape index (κ2) is 5.89. The Kier molecular flexibility index (Phi) is 3.79. The van der Waals surface area contributed by atoms with Gasteiger partial charge in [0.05, 0.1) is 0 Å². The van der Waals surface area contributed by atoms with E-state index in [0.717, 1.165) is 5.56 Å². The van der Waals surface area contributed by atoms with Gasteiger partial charge in [-0.25, -0.2) is 9.97 Å². The summed E-state index contributed by atoms with van der Waals surface area (Å²) >= 11 is 0. The van der Waals surface area contributed by atoms with Gasteiger partial charge in [0.2, 0.25) is 0 Å². The molecule has 0 aromatic carbocycles. The first kappa shape index (κ1) is 12.2. The molecule has 90 valence electrons. The number of aromatic nitrogens is 3. The van der Waals surface area contributed by atoms with Gasteiger partial charge in [0.1, 0.15) is 23.5 Å². The summed E-state index contributed by atoms with van der Waals surface area (Å²) in [5.41, 5.74) is 0.812. The molecule has 2 aromatic rings. The molecule has 2 heterocycles. The first-order valence-electron chi connectivity index (χ1n) is 5.34. The number of nitrogens with zero attached hydrogens (tertiary/aromatic N) is 5. The van der Waals surface area contributed by atoms with E-state index in [4.69, 9.17) is 10.5 Å². The molecule has 2 aromatic heterocycles. The van der Waals surface area contributed by atoms with Crippen LogP contribution in [0, 0.1) is 22.7 Å². The molecule has 0 atom stereocenters. The molecule has 0 unspecified atom stereocenters. The van der Waals surface area contributed by atoms with Crippen LogP contribution < -0.4 is 5.32 Å². The van der Waals surface area contributed by atoms with Crippen molar-refractivity contribution < 1.29 is 0 Å². The Labute approximate surface area is 109 Å². The largest absolute Gasteiger partial charge is 0.344 e. The highest BCUT2D eigenvalue weighted by molar-refractivity contribution is 5.56. The number of hydrogen-bond acceptors (Lipinski definition) is 6. The molecule has 6 nitrogen and oxygen atoms in total. The first-order valence-corrected chi connectivity index (χ1v) is 5.34. The number of anilines is 1. The minimum atomic E-state index is -0.0240. The lowest BCUT2D eigenvalue weighted by Gasteiger charge is -2.02. The van der Waals surface area contributed by atoms with E-state index in [1.807, 2.05) is 0 Å². The molecule has 19 heavy (non-hydrogen) atoms. The molecule has 0 amide bonds. The van der Waals surface area contributed by atoms with E-state index in [-0.39, 0.29) is 5.57 Å². The van der Waals surface area contributed by atoms with Gasteiger partial charge in [-0.1, -0.05) is 0 Å². The summed E-state index contributed by atoms with van der Waals surface area (Å²) in [7, 11) is 0. The molecule has 0 spiro atoms. The Morgan fingerprint density at radius 1 is 1.11 bits per heavy atom. The molecule has 0 aliphatic rings. The molecule has 2 rings (SSSR count). The second-order valence-electron chi connectivity index (χ2n) is 3.43. The zero-order chi connectivity index (χ0) is 13.5. The van der Waals surface area contributed by atoms with Crippen LogP contribution in [0.1, 0.15) is 0 Å². The van der Waals surface area contributed by atoms with Crippen LogP contribution in [0.25, 0.3) is 11.4 Å². The van der Waals surface area contributed by atoms with Crippen LogP contribution in [0.3, 0.4) is 0 Å². The highest BCUT2D eigenvalue weighted by Crippen LogP contribution is 2.14. The number of nitrogens with one attached hydrogen (secondary N) is 1. The molecular weight excluding hydrogens is 240 g/mol. The fourth-order valence-electron chi connectivity index (χ4n) is 1.31. The molecule has 0 bridgehead atoms. The van der Waals surface area contributed by atoms with E-state index in [1.54, 1.807) is 48.9 Å². The molecule has 6 heteroatoms. The van der Waals surface area contributed by atoms with Crippen LogP contribution in [0.4, 0.5) is 5.82 Å². The van der Waals surface area contributed by atoms with Crippen molar-refractivity contribution in [1.82, 2.24) is 15.0 Å². The zero-order valence-electron chi connectivity index (χ0n) is 9.78. The van der Waals surface area contributed by atoms with E-state index in [9.17, 15) is 0 Å². The van der Waals surface area contributed by atoms with E-state index >= 15 is 0 Å². The van der Waals surface area contributed by atoms with Gasteiger partial charge in [-0.15, -0.1) is 0 Å². The van der Waals surface area contributed by atoms with Gasteiger partial charge >= 0.3 is 0 Å². The SMILES string of the molecule is N#CC(C#N)=CNc1ccnc(-c2ccncc2)n1. The Hall–Kier alpha value is -3.25. The average Bonchev–Trinajstić information content (AvgIpc) is 2.49. The van der Waals surface area contributed by atoms with Gasteiger partial charge in [-0.2, -0.15) is 10.5 Å². The maximum atomic E-state index is 8.62. The molecule has 0 saturated heterocycles. The Morgan fingerprint density at radius 3 is 2.53 bits per heavy atom. The lowest BCUT2D eigenvalue weighted by atomic mass is 10.2. The van der Waals surface area contributed by atoms with Gasteiger partial charge in [0.15, 0.2) is 5.82 Å². The van der Waals surface area contributed by atoms with Gasteiger partial charge in [0.25, 0.3) is 0 Å². The third-order valence-corrected chi connectivity index (χ3v) is 2.20. The number of rotatable bonds is 3. The zero-order valence-corrected chi connectivity index (χ0v) is 9.78. The van der Waals surface area contributed by atoms with Gasteiger partial charge in [-0.3, -0.25) is 4.98 Å². The second-order valence-corrected chi connectivity index (χ2v) is 3.43. The summed E-state index contributed by atoms with van der Waals surface area (Å²) in [6.07, 6.45) is 6.21. The van der Waals surface area contributed by atoms with Crippen molar-refractivity contribution in [2.45, 2.75) is 0 Å². The molecule has 0 aliphatic carbocycles. The minimum Gasteiger partial charge on any atom is -0.344 e. The summed E-state index contributed by atoms with van der Waals surface area (Å²) in [6.45, 7) is 0. The number of hydrogen-bond donors (Lipinski definition) is 1. The Bertz CT molecular complexity index is 662. The number of allylic oxidation sites excluding steroid dienone is 1. The van der Waals surface area contributed by atoms with Crippen molar-refractivity contribution in [3.05, 3.63) is 48.6 Å². The summed E-state index contributed by atoms with van der Waals surface area (Å²) < 4.78 is 0. The van der Waals surface area contributed by atoms with E-state index in [1.165, 1.54) is 6.20 Å². The topological polar surface area (TPSA) is 98.3 Å². The fraction of sp³-hybridized carbons (Fsp3) is 0. The van der Waals surface area contributed by atoms with Crippen LogP contribution in [0.2, 0.25) is 0 Å². The van der Waals surface area contributed by atoms with Gasteiger partial charge in [0, 0.05) is 30.4 Å². The highest BCUT2D eigenvalue weighted by atomic mass is 15.0. The van der Waals surface area contributed by atoms with Crippen LogP contribution in [0.15, 0.2) is 48.6 Å². The van der Waals surface area contributed by atoms with Crippen molar-refractivity contribution in [1.29, 1.82) is 10.5 Å². The predicted octanol–water partition coefficient (Wildman–Crippen LogP) is 1.88. The third-order valence-electron chi connectivity index (χ3n) is 2.20. The summed E-state index contributed by atoms with van der Waals surface area (Å²) in [5.74, 6) is 1.04.